The number of pyridine rings is 1. The maximum Gasteiger partial charge on any atom is 0.257 e. The van der Waals surface area contributed by atoms with Gasteiger partial charge in [0.2, 0.25) is 0 Å². The molecule has 3 heterocycles. The zero-order valence-corrected chi connectivity index (χ0v) is 10.7. The maximum atomic E-state index is 12.1. The molecule has 0 bridgehead atoms. The van der Waals surface area contributed by atoms with Gasteiger partial charge in [0.1, 0.15) is 5.82 Å². The molecule has 2 N–H and O–H groups in total. The van der Waals surface area contributed by atoms with Gasteiger partial charge in [-0.05, 0) is 29.4 Å². The fourth-order valence-corrected chi connectivity index (χ4v) is 3.42. The molecule has 4 heteroatoms. The van der Waals surface area contributed by atoms with E-state index < -0.39 is 0 Å². The van der Waals surface area contributed by atoms with Crippen molar-refractivity contribution in [3.63, 3.8) is 0 Å². The zero-order valence-electron chi connectivity index (χ0n) is 10.7. The van der Waals surface area contributed by atoms with Gasteiger partial charge in [0.25, 0.3) is 5.56 Å². The van der Waals surface area contributed by atoms with Crippen molar-refractivity contribution in [2.24, 2.45) is 11.8 Å². The average Bonchev–Trinajstić information content (AvgIpc) is 2.99. The van der Waals surface area contributed by atoms with Gasteiger partial charge in [0.15, 0.2) is 0 Å². The van der Waals surface area contributed by atoms with Gasteiger partial charge in [0.05, 0.1) is 0 Å². The molecule has 4 rings (SSSR count). The van der Waals surface area contributed by atoms with Crippen LogP contribution in [0.1, 0.15) is 0 Å². The Hall–Kier alpha value is -1.81. The van der Waals surface area contributed by atoms with Crippen molar-refractivity contribution in [3.05, 3.63) is 40.7 Å². The molecule has 1 aromatic carbocycles. The van der Waals surface area contributed by atoms with Gasteiger partial charge in [-0.2, -0.15) is 0 Å². The molecule has 2 aromatic rings. The molecule has 0 saturated carbocycles. The normalized spacial score (nSPS) is 26.0. The second-order valence-electron chi connectivity index (χ2n) is 5.65. The average molecular weight is 255 g/mol. The summed E-state index contributed by atoms with van der Waals surface area (Å²) in [6.45, 7) is 4.32. The third-order valence-corrected chi connectivity index (χ3v) is 4.47. The monoisotopic (exact) mass is 255 g/mol. The Bertz CT molecular complexity index is 666. The molecular weight excluding hydrogens is 238 g/mol. The Kier molecular flexibility index (Phi) is 2.38. The highest BCUT2D eigenvalue weighted by Gasteiger charge is 2.36. The molecule has 0 unspecified atom stereocenters. The van der Waals surface area contributed by atoms with E-state index in [-0.39, 0.29) is 5.56 Å². The Labute approximate surface area is 111 Å². The predicted octanol–water partition coefficient (Wildman–Crippen LogP) is 1.18. The molecule has 4 nitrogen and oxygen atoms in total. The number of hydrogen-bond acceptors (Lipinski definition) is 3. The number of fused-ring (bicyclic) bond motifs is 2. The SMILES string of the molecule is O=c1[nH]c(N2C[C@H]3CNC[C@H]3C2)cc2ccccc12. The summed E-state index contributed by atoms with van der Waals surface area (Å²) < 4.78 is 0. The summed E-state index contributed by atoms with van der Waals surface area (Å²) in [7, 11) is 0. The van der Waals surface area contributed by atoms with Crippen LogP contribution in [0.4, 0.5) is 5.82 Å². The van der Waals surface area contributed by atoms with Gasteiger partial charge in [-0.3, -0.25) is 4.79 Å². The van der Waals surface area contributed by atoms with Crippen molar-refractivity contribution < 1.29 is 0 Å². The third kappa shape index (κ3) is 1.75. The van der Waals surface area contributed by atoms with Gasteiger partial charge in [0, 0.05) is 31.6 Å². The van der Waals surface area contributed by atoms with Crippen LogP contribution in [0.5, 0.6) is 0 Å². The van der Waals surface area contributed by atoms with Crippen LogP contribution in [0.15, 0.2) is 35.1 Å². The van der Waals surface area contributed by atoms with Crippen LogP contribution in [0.25, 0.3) is 10.8 Å². The van der Waals surface area contributed by atoms with E-state index >= 15 is 0 Å². The van der Waals surface area contributed by atoms with Gasteiger partial charge in [-0.1, -0.05) is 18.2 Å². The van der Waals surface area contributed by atoms with E-state index in [1.807, 2.05) is 24.3 Å². The minimum atomic E-state index is 0.0169. The molecular formula is C15H17N3O. The van der Waals surface area contributed by atoms with Crippen molar-refractivity contribution >= 4 is 16.6 Å². The second kappa shape index (κ2) is 4.10. The van der Waals surface area contributed by atoms with E-state index in [1.54, 1.807) is 0 Å². The summed E-state index contributed by atoms with van der Waals surface area (Å²) in [5, 5.41) is 5.23. The van der Waals surface area contributed by atoms with E-state index in [0.717, 1.165) is 54.6 Å². The van der Waals surface area contributed by atoms with E-state index in [0.29, 0.717) is 0 Å². The Morgan fingerprint density at radius 2 is 1.84 bits per heavy atom. The number of nitrogens with one attached hydrogen (secondary N) is 2. The Balaban J connectivity index is 1.74. The largest absolute Gasteiger partial charge is 0.357 e. The highest BCUT2D eigenvalue weighted by atomic mass is 16.1. The summed E-state index contributed by atoms with van der Waals surface area (Å²) in [6, 6.07) is 9.87. The minimum absolute atomic E-state index is 0.0169. The van der Waals surface area contributed by atoms with Crippen LogP contribution in [0.2, 0.25) is 0 Å². The first kappa shape index (κ1) is 11.1. The summed E-state index contributed by atoms with van der Waals surface area (Å²) in [5.74, 6) is 2.43. The molecule has 0 spiro atoms. The fourth-order valence-electron chi connectivity index (χ4n) is 3.42. The summed E-state index contributed by atoms with van der Waals surface area (Å²) in [6.07, 6.45) is 0. The van der Waals surface area contributed by atoms with Crippen LogP contribution < -0.4 is 15.8 Å². The van der Waals surface area contributed by atoms with Crippen LogP contribution in [-0.4, -0.2) is 31.2 Å². The van der Waals surface area contributed by atoms with Crippen molar-refractivity contribution in [1.82, 2.24) is 10.3 Å². The van der Waals surface area contributed by atoms with E-state index in [4.69, 9.17) is 0 Å². The number of H-pyrrole nitrogens is 1. The van der Waals surface area contributed by atoms with Crippen LogP contribution in [0, 0.1) is 11.8 Å². The zero-order chi connectivity index (χ0) is 12.8. The molecule has 2 fully saturated rings. The third-order valence-electron chi connectivity index (χ3n) is 4.47. The maximum absolute atomic E-state index is 12.1. The first-order valence-corrected chi connectivity index (χ1v) is 6.89. The highest BCUT2D eigenvalue weighted by molar-refractivity contribution is 5.83. The number of hydrogen-bond donors (Lipinski definition) is 2. The highest BCUT2D eigenvalue weighted by Crippen LogP contribution is 2.29. The topological polar surface area (TPSA) is 48.1 Å². The lowest BCUT2D eigenvalue weighted by atomic mass is 10.0. The summed E-state index contributed by atoms with van der Waals surface area (Å²) in [5.41, 5.74) is 0.0169. The fraction of sp³-hybridized carbons (Fsp3) is 0.400. The summed E-state index contributed by atoms with van der Waals surface area (Å²) in [4.78, 5) is 17.5. The molecule has 1 aromatic heterocycles. The van der Waals surface area contributed by atoms with E-state index in [1.165, 1.54) is 0 Å². The second-order valence-corrected chi connectivity index (χ2v) is 5.65. The Morgan fingerprint density at radius 3 is 2.63 bits per heavy atom. The number of anilines is 1. The van der Waals surface area contributed by atoms with Crippen LogP contribution in [-0.2, 0) is 0 Å². The first-order valence-electron chi connectivity index (χ1n) is 6.89. The van der Waals surface area contributed by atoms with E-state index in [9.17, 15) is 4.79 Å². The lowest BCUT2D eigenvalue weighted by Crippen LogP contribution is -2.27. The molecule has 98 valence electrons. The molecule has 19 heavy (non-hydrogen) atoms. The van der Waals surface area contributed by atoms with Crippen molar-refractivity contribution in [2.75, 3.05) is 31.1 Å². The summed E-state index contributed by atoms with van der Waals surface area (Å²) >= 11 is 0. The minimum Gasteiger partial charge on any atom is -0.357 e. The van der Waals surface area contributed by atoms with Gasteiger partial charge in [-0.15, -0.1) is 0 Å². The van der Waals surface area contributed by atoms with Gasteiger partial charge in [-0.25, -0.2) is 0 Å². The number of aromatic nitrogens is 1. The Morgan fingerprint density at radius 1 is 1.11 bits per heavy atom. The standard InChI is InChI=1S/C15H17N3O/c19-15-13-4-2-1-3-10(13)5-14(17-15)18-8-11-6-16-7-12(11)9-18/h1-5,11-12,16H,6-9H2,(H,17,19)/t11-,12+. The van der Waals surface area contributed by atoms with Crippen molar-refractivity contribution in [3.8, 4) is 0 Å². The van der Waals surface area contributed by atoms with Gasteiger partial charge < -0.3 is 15.2 Å². The molecule has 2 aliphatic rings. The number of nitrogens with zero attached hydrogens (tertiary/aromatic N) is 1. The van der Waals surface area contributed by atoms with Crippen LogP contribution >= 0.6 is 0 Å². The molecule has 2 aliphatic heterocycles. The molecule has 0 amide bonds. The van der Waals surface area contributed by atoms with Crippen molar-refractivity contribution in [2.45, 2.75) is 0 Å². The van der Waals surface area contributed by atoms with Crippen molar-refractivity contribution in [1.29, 1.82) is 0 Å². The quantitative estimate of drug-likeness (QED) is 0.804. The molecule has 0 radical (unpaired) electrons. The molecule has 2 saturated heterocycles. The molecule has 0 aliphatic carbocycles. The van der Waals surface area contributed by atoms with Crippen LogP contribution in [0.3, 0.4) is 0 Å². The lowest BCUT2D eigenvalue weighted by molar-refractivity contribution is 0.533. The smallest absolute Gasteiger partial charge is 0.257 e. The van der Waals surface area contributed by atoms with Gasteiger partial charge >= 0.3 is 0 Å². The first-order chi connectivity index (χ1) is 9.31. The number of aromatic amines is 1. The molecule has 2 atom stereocenters. The predicted molar refractivity (Wildman–Crippen MR) is 76.6 cm³/mol. The number of benzene rings is 1. The lowest BCUT2D eigenvalue weighted by Gasteiger charge is -2.19. The van der Waals surface area contributed by atoms with E-state index in [2.05, 4.69) is 21.3 Å². The number of rotatable bonds is 1.